The molecule has 0 aliphatic carbocycles. The van der Waals surface area contributed by atoms with E-state index in [1.54, 1.807) is 12.1 Å². The number of amides is 1. The van der Waals surface area contributed by atoms with Crippen molar-refractivity contribution in [3.63, 3.8) is 0 Å². The first-order valence-electron chi connectivity index (χ1n) is 9.12. The fourth-order valence-corrected chi connectivity index (χ4v) is 4.29. The van der Waals surface area contributed by atoms with Gasteiger partial charge >= 0.3 is 0 Å². The van der Waals surface area contributed by atoms with E-state index in [1.807, 2.05) is 22.5 Å². The van der Waals surface area contributed by atoms with Gasteiger partial charge in [0.1, 0.15) is 11.0 Å². The standard InChI is InChI=1S/C21H25N3O2S/c1-2-21(25)22-19-9-6-10-20(17-19)27(26)24-15-13-23(14-16-24)12-11-18-7-4-3-5-8-18/h2-10,17H,1,11-16H2,(H,22,25). The van der Waals surface area contributed by atoms with E-state index in [9.17, 15) is 9.00 Å². The van der Waals surface area contributed by atoms with Gasteiger partial charge in [0, 0.05) is 38.4 Å². The Bertz CT molecular complexity index is 802. The Morgan fingerprint density at radius 1 is 1.07 bits per heavy atom. The first kappa shape index (κ1) is 19.5. The molecule has 2 aromatic rings. The molecule has 1 N–H and O–H groups in total. The van der Waals surface area contributed by atoms with E-state index < -0.39 is 11.0 Å². The zero-order valence-corrected chi connectivity index (χ0v) is 16.2. The normalized spacial score (nSPS) is 16.6. The zero-order chi connectivity index (χ0) is 19.1. The molecule has 2 aromatic carbocycles. The van der Waals surface area contributed by atoms with Gasteiger partial charge < -0.3 is 10.2 Å². The van der Waals surface area contributed by atoms with Crippen LogP contribution in [-0.4, -0.2) is 52.0 Å². The van der Waals surface area contributed by atoms with Crippen LogP contribution in [0.5, 0.6) is 0 Å². The van der Waals surface area contributed by atoms with Crippen LogP contribution in [0.25, 0.3) is 0 Å². The molecule has 142 valence electrons. The number of nitrogens with zero attached hydrogens (tertiary/aromatic N) is 2. The zero-order valence-electron chi connectivity index (χ0n) is 15.3. The third kappa shape index (κ3) is 5.60. The third-order valence-corrected chi connectivity index (χ3v) is 6.11. The van der Waals surface area contributed by atoms with Crippen LogP contribution >= 0.6 is 0 Å². The fraction of sp³-hybridized carbons (Fsp3) is 0.286. The molecule has 1 amide bonds. The van der Waals surface area contributed by atoms with Crippen molar-refractivity contribution in [3.05, 3.63) is 72.8 Å². The maximum absolute atomic E-state index is 12.9. The average Bonchev–Trinajstić information content (AvgIpc) is 2.73. The average molecular weight is 384 g/mol. The molecule has 0 aromatic heterocycles. The topological polar surface area (TPSA) is 52.7 Å². The molecule has 1 heterocycles. The Balaban J connectivity index is 1.51. The molecule has 1 fully saturated rings. The Morgan fingerprint density at radius 2 is 1.81 bits per heavy atom. The van der Waals surface area contributed by atoms with Crippen LogP contribution in [0.15, 0.2) is 72.1 Å². The molecule has 1 atom stereocenters. The summed E-state index contributed by atoms with van der Waals surface area (Å²) in [5.41, 5.74) is 1.98. The summed E-state index contributed by atoms with van der Waals surface area (Å²) in [6, 6.07) is 17.7. The highest BCUT2D eigenvalue weighted by molar-refractivity contribution is 7.82. The van der Waals surface area contributed by atoms with Crippen molar-refractivity contribution < 1.29 is 9.00 Å². The lowest BCUT2D eigenvalue weighted by atomic mass is 10.1. The molecule has 5 nitrogen and oxygen atoms in total. The van der Waals surface area contributed by atoms with Gasteiger partial charge in [-0.2, -0.15) is 0 Å². The largest absolute Gasteiger partial charge is 0.322 e. The number of rotatable bonds is 7. The predicted octanol–water partition coefficient (Wildman–Crippen LogP) is 2.69. The summed E-state index contributed by atoms with van der Waals surface area (Å²) >= 11 is 0. The Labute approximate surface area is 163 Å². The summed E-state index contributed by atoms with van der Waals surface area (Å²) in [7, 11) is -1.22. The molecule has 1 aliphatic heterocycles. The lowest BCUT2D eigenvalue weighted by molar-refractivity contribution is -0.111. The highest BCUT2D eigenvalue weighted by Crippen LogP contribution is 2.18. The molecule has 0 spiro atoms. The molecule has 1 unspecified atom stereocenters. The van der Waals surface area contributed by atoms with Gasteiger partial charge in [-0.25, -0.2) is 8.51 Å². The molecular weight excluding hydrogens is 358 g/mol. The molecule has 0 radical (unpaired) electrons. The van der Waals surface area contributed by atoms with Crippen LogP contribution < -0.4 is 5.32 Å². The molecular formula is C21H25N3O2S. The van der Waals surface area contributed by atoms with Crippen LogP contribution in [0.3, 0.4) is 0 Å². The minimum atomic E-state index is -1.22. The van der Waals surface area contributed by atoms with Gasteiger partial charge in [0.2, 0.25) is 5.91 Å². The van der Waals surface area contributed by atoms with Crippen molar-refractivity contribution in [3.8, 4) is 0 Å². The van der Waals surface area contributed by atoms with Crippen molar-refractivity contribution in [1.82, 2.24) is 9.21 Å². The van der Waals surface area contributed by atoms with Crippen molar-refractivity contribution in [2.45, 2.75) is 11.3 Å². The van der Waals surface area contributed by atoms with Gasteiger partial charge in [-0.1, -0.05) is 43.0 Å². The highest BCUT2D eigenvalue weighted by atomic mass is 32.2. The lowest BCUT2D eigenvalue weighted by Crippen LogP contribution is -2.47. The Kier molecular flexibility index (Phi) is 6.92. The minimum absolute atomic E-state index is 0.273. The molecule has 1 aliphatic rings. The van der Waals surface area contributed by atoms with Crippen LogP contribution in [0.1, 0.15) is 5.56 Å². The molecule has 3 rings (SSSR count). The van der Waals surface area contributed by atoms with Crippen LogP contribution in [-0.2, 0) is 22.2 Å². The number of benzene rings is 2. The Hall–Kier alpha value is -2.28. The number of anilines is 1. The number of carbonyl (C=O) groups excluding carboxylic acids is 1. The second-order valence-corrected chi connectivity index (χ2v) is 7.96. The molecule has 0 bridgehead atoms. The van der Waals surface area contributed by atoms with E-state index in [2.05, 4.69) is 41.1 Å². The van der Waals surface area contributed by atoms with Crippen molar-refractivity contribution in [1.29, 1.82) is 0 Å². The fourth-order valence-electron chi connectivity index (χ4n) is 3.08. The van der Waals surface area contributed by atoms with Crippen molar-refractivity contribution >= 4 is 22.6 Å². The minimum Gasteiger partial charge on any atom is -0.322 e. The van der Waals surface area contributed by atoms with Crippen molar-refractivity contribution in [2.75, 3.05) is 38.0 Å². The van der Waals surface area contributed by atoms with Gasteiger partial charge in [0.15, 0.2) is 0 Å². The number of carbonyl (C=O) groups is 1. The van der Waals surface area contributed by atoms with Crippen LogP contribution in [0, 0.1) is 0 Å². The monoisotopic (exact) mass is 383 g/mol. The highest BCUT2D eigenvalue weighted by Gasteiger charge is 2.22. The number of hydrogen-bond donors (Lipinski definition) is 1. The van der Waals surface area contributed by atoms with Gasteiger partial charge in [-0.15, -0.1) is 0 Å². The maximum atomic E-state index is 12.9. The van der Waals surface area contributed by atoms with Crippen molar-refractivity contribution in [2.24, 2.45) is 0 Å². The second-order valence-electron chi connectivity index (χ2n) is 6.48. The summed E-state index contributed by atoms with van der Waals surface area (Å²) in [4.78, 5) is 14.6. The van der Waals surface area contributed by atoms with E-state index in [1.165, 1.54) is 11.6 Å². The van der Waals surface area contributed by atoms with Gasteiger partial charge in [-0.05, 0) is 36.3 Å². The molecule has 27 heavy (non-hydrogen) atoms. The van der Waals surface area contributed by atoms with Gasteiger partial charge in [0.25, 0.3) is 0 Å². The molecule has 0 saturated carbocycles. The van der Waals surface area contributed by atoms with Gasteiger partial charge in [0.05, 0.1) is 4.90 Å². The van der Waals surface area contributed by atoms with E-state index in [0.717, 1.165) is 39.1 Å². The quantitative estimate of drug-likeness (QED) is 0.748. The maximum Gasteiger partial charge on any atom is 0.247 e. The van der Waals surface area contributed by atoms with E-state index in [4.69, 9.17) is 0 Å². The molecule has 6 heteroatoms. The Morgan fingerprint density at radius 3 is 2.52 bits per heavy atom. The van der Waals surface area contributed by atoms with E-state index in [-0.39, 0.29) is 5.91 Å². The molecule has 1 saturated heterocycles. The van der Waals surface area contributed by atoms with Crippen LogP contribution in [0.2, 0.25) is 0 Å². The number of nitrogens with one attached hydrogen (secondary N) is 1. The summed E-state index contributed by atoms with van der Waals surface area (Å²) in [6.07, 6.45) is 2.26. The SMILES string of the molecule is C=CC(=O)Nc1cccc(S(=O)N2CCN(CCc3ccccc3)CC2)c1. The summed E-state index contributed by atoms with van der Waals surface area (Å²) < 4.78 is 14.9. The lowest BCUT2D eigenvalue weighted by Gasteiger charge is -2.33. The van der Waals surface area contributed by atoms with E-state index >= 15 is 0 Å². The van der Waals surface area contributed by atoms with Crippen LogP contribution in [0.4, 0.5) is 5.69 Å². The first-order chi connectivity index (χ1) is 13.2. The number of piperazine rings is 1. The third-order valence-electron chi connectivity index (χ3n) is 4.61. The summed E-state index contributed by atoms with van der Waals surface area (Å²) in [6.45, 7) is 7.82. The summed E-state index contributed by atoms with van der Waals surface area (Å²) in [5.74, 6) is -0.273. The second kappa shape index (κ2) is 9.60. The smallest absolute Gasteiger partial charge is 0.247 e. The first-order valence-corrected chi connectivity index (χ1v) is 10.2. The van der Waals surface area contributed by atoms with Gasteiger partial charge in [-0.3, -0.25) is 4.79 Å². The number of hydrogen-bond acceptors (Lipinski definition) is 3. The van der Waals surface area contributed by atoms with E-state index in [0.29, 0.717) is 10.6 Å². The predicted molar refractivity (Wildman–Crippen MR) is 110 cm³/mol. The summed E-state index contributed by atoms with van der Waals surface area (Å²) in [5, 5.41) is 2.71.